The molecule has 0 saturated carbocycles. The number of pyridine rings is 1. The van der Waals surface area contributed by atoms with E-state index in [9.17, 15) is 4.79 Å². The van der Waals surface area contributed by atoms with Crippen molar-refractivity contribution < 1.29 is 18.3 Å². The molecule has 0 aliphatic rings. The normalized spacial score (nSPS) is 11.1. The monoisotopic (exact) mass is 386 g/mol. The maximum Gasteiger partial charge on any atom is 0.259 e. The van der Waals surface area contributed by atoms with E-state index in [1.54, 1.807) is 31.2 Å². The van der Waals surface area contributed by atoms with Crippen molar-refractivity contribution >= 4 is 22.8 Å². The third-order valence-corrected chi connectivity index (χ3v) is 4.38. The fourth-order valence-corrected chi connectivity index (χ4v) is 3.08. The minimum Gasteiger partial charge on any atom is -0.463 e. The van der Waals surface area contributed by atoms with Gasteiger partial charge in [-0.3, -0.25) is 4.79 Å². The zero-order valence-electron chi connectivity index (χ0n) is 15.2. The second-order valence-electron chi connectivity index (χ2n) is 6.39. The Morgan fingerprint density at radius 1 is 1.00 bits per heavy atom. The quantitative estimate of drug-likeness (QED) is 0.477. The number of carbonyl (C=O) groups is 1. The number of nitrogens with one attached hydrogen (secondary N) is 1. The molecule has 142 valence electrons. The van der Waals surface area contributed by atoms with E-state index in [-0.39, 0.29) is 11.6 Å². The minimum absolute atomic E-state index is 0.235. The smallest absolute Gasteiger partial charge is 0.259 e. The van der Waals surface area contributed by atoms with Crippen LogP contribution in [0.2, 0.25) is 0 Å². The van der Waals surface area contributed by atoms with E-state index < -0.39 is 0 Å². The number of hydrogen-bond donors (Lipinski definition) is 1. The average Bonchev–Trinajstić information content (AvgIpc) is 3.49. The van der Waals surface area contributed by atoms with E-state index in [2.05, 4.69) is 20.6 Å². The van der Waals surface area contributed by atoms with E-state index in [4.69, 9.17) is 13.5 Å². The van der Waals surface area contributed by atoms with Crippen molar-refractivity contribution in [2.24, 2.45) is 0 Å². The van der Waals surface area contributed by atoms with Crippen molar-refractivity contribution in [1.29, 1.82) is 0 Å². The van der Waals surface area contributed by atoms with Gasteiger partial charge in [0.05, 0.1) is 17.2 Å². The van der Waals surface area contributed by atoms with Gasteiger partial charge in [0.1, 0.15) is 17.1 Å². The molecule has 0 unspecified atom stereocenters. The van der Waals surface area contributed by atoms with Crippen molar-refractivity contribution in [2.75, 3.05) is 5.32 Å². The lowest BCUT2D eigenvalue weighted by Gasteiger charge is -2.06. The molecule has 1 amide bonds. The van der Waals surface area contributed by atoms with Gasteiger partial charge in [-0.25, -0.2) is 4.98 Å². The highest BCUT2D eigenvalue weighted by molar-refractivity contribution is 6.15. The maximum absolute atomic E-state index is 13.1. The van der Waals surface area contributed by atoms with Crippen LogP contribution in [-0.2, 0) is 0 Å². The van der Waals surface area contributed by atoms with Crippen LogP contribution in [0, 0.1) is 6.92 Å². The molecule has 4 aromatic heterocycles. The Kier molecular flexibility index (Phi) is 3.94. The zero-order valence-corrected chi connectivity index (χ0v) is 15.2. The molecule has 8 nitrogen and oxygen atoms in total. The predicted octanol–water partition coefficient (Wildman–Crippen LogP) is 4.70. The van der Waals surface area contributed by atoms with E-state index in [1.165, 1.54) is 6.26 Å². The number of nitrogens with zero attached hydrogens (tertiary/aromatic N) is 3. The van der Waals surface area contributed by atoms with Crippen LogP contribution in [0.15, 0.2) is 74.3 Å². The first-order valence-corrected chi connectivity index (χ1v) is 8.83. The molecule has 0 aliphatic heterocycles. The molecular weight excluding hydrogens is 372 g/mol. The Hall–Kier alpha value is -4.20. The first-order chi connectivity index (χ1) is 14.2. The number of aromatic nitrogens is 3. The SMILES string of the molecule is Cc1cc(NC(=O)c2cc(-c3ccco3)nc3onc(-c4ccccc4)c23)no1. The van der Waals surface area contributed by atoms with Gasteiger partial charge >= 0.3 is 0 Å². The summed E-state index contributed by atoms with van der Waals surface area (Å²) >= 11 is 0. The summed E-state index contributed by atoms with van der Waals surface area (Å²) < 4.78 is 15.9. The summed E-state index contributed by atoms with van der Waals surface area (Å²) in [4.78, 5) is 17.6. The molecule has 4 heterocycles. The van der Waals surface area contributed by atoms with Crippen LogP contribution in [0.4, 0.5) is 5.82 Å². The Balaban J connectivity index is 1.69. The van der Waals surface area contributed by atoms with Crippen molar-refractivity contribution in [3.63, 3.8) is 0 Å². The Morgan fingerprint density at radius 3 is 2.59 bits per heavy atom. The van der Waals surface area contributed by atoms with Crippen LogP contribution in [0.25, 0.3) is 33.8 Å². The molecule has 0 radical (unpaired) electrons. The van der Waals surface area contributed by atoms with Crippen LogP contribution in [-0.4, -0.2) is 21.2 Å². The first-order valence-electron chi connectivity index (χ1n) is 8.83. The molecule has 1 N–H and O–H groups in total. The molecule has 0 fully saturated rings. The van der Waals surface area contributed by atoms with Crippen molar-refractivity contribution in [2.45, 2.75) is 6.92 Å². The topological polar surface area (TPSA) is 107 Å². The predicted molar refractivity (Wildman–Crippen MR) is 104 cm³/mol. The van der Waals surface area contributed by atoms with Gasteiger partial charge in [-0.15, -0.1) is 0 Å². The Labute approximate surface area is 164 Å². The first kappa shape index (κ1) is 16.9. The lowest BCUT2D eigenvalue weighted by atomic mass is 10.0. The lowest BCUT2D eigenvalue weighted by Crippen LogP contribution is -2.13. The summed E-state index contributed by atoms with van der Waals surface area (Å²) in [6.45, 7) is 1.75. The van der Waals surface area contributed by atoms with Gasteiger partial charge < -0.3 is 18.8 Å². The van der Waals surface area contributed by atoms with E-state index >= 15 is 0 Å². The van der Waals surface area contributed by atoms with E-state index in [0.717, 1.165) is 5.56 Å². The summed E-state index contributed by atoms with van der Waals surface area (Å²) in [5.74, 6) is 1.02. The van der Waals surface area contributed by atoms with Gasteiger partial charge in [-0.1, -0.05) is 40.6 Å². The highest BCUT2D eigenvalue weighted by atomic mass is 16.5. The summed E-state index contributed by atoms with van der Waals surface area (Å²) in [5, 5.41) is 11.2. The Bertz CT molecular complexity index is 1300. The van der Waals surface area contributed by atoms with Gasteiger partial charge in [0, 0.05) is 11.6 Å². The number of benzene rings is 1. The fourth-order valence-electron chi connectivity index (χ4n) is 3.08. The molecule has 0 atom stereocenters. The zero-order chi connectivity index (χ0) is 19.8. The summed E-state index contributed by atoms with van der Waals surface area (Å²) in [6, 6.07) is 16.2. The molecule has 8 heteroatoms. The number of rotatable bonds is 4. The lowest BCUT2D eigenvalue weighted by molar-refractivity contribution is 0.102. The second-order valence-corrected chi connectivity index (χ2v) is 6.39. The third kappa shape index (κ3) is 3.06. The minimum atomic E-state index is -0.390. The highest BCUT2D eigenvalue weighted by Crippen LogP contribution is 2.33. The molecule has 0 spiro atoms. The van der Waals surface area contributed by atoms with Gasteiger partial charge in [0.25, 0.3) is 11.6 Å². The number of anilines is 1. The third-order valence-electron chi connectivity index (χ3n) is 4.38. The number of hydrogen-bond acceptors (Lipinski definition) is 7. The van der Waals surface area contributed by atoms with Gasteiger partial charge in [0.2, 0.25) is 0 Å². The second kappa shape index (κ2) is 6.75. The molecule has 0 aliphatic carbocycles. The maximum atomic E-state index is 13.1. The summed E-state index contributed by atoms with van der Waals surface area (Å²) in [5.41, 5.74) is 2.37. The summed E-state index contributed by atoms with van der Waals surface area (Å²) in [7, 11) is 0. The molecule has 0 bridgehead atoms. The van der Waals surface area contributed by atoms with Gasteiger partial charge in [0.15, 0.2) is 11.6 Å². The molecule has 1 aromatic carbocycles. The highest BCUT2D eigenvalue weighted by Gasteiger charge is 2.23. The molecule has 5 aromatic rings. The molecule has 29 heavy (non-hydrogen) atoms. The van der Waals surface area contributed by atoms with E-state index in [1.807, 2.05) is 30.3 Å². The number of carbonyl (C=O) groups excluding carboxylic acids is 1. The van der Waals surface area contributed by atoms with Gasteiger partial charge in [-0.2, -0.15) is 0 Å². The Morgan fingerprint density at radius 2 is 1.86 bits per heavy atom. The van der Waals surface area contributed by atoms with Crippen LogP contribution in [0.3, 0.4) is 0 Å². The van der Waals surface area contributed by atoms with Crippen molar-refractivity contribution in [1.82, 2.24) is 15.3 Å². The molecular formula is C21H14N4O4. The number of fused-ring (bicyclic) bond motifs is 1. The van der Waals surface area contributed by atoms with Crippen molar-refractivity contribution in [3.8, 4) is 22.7 Å². The van der Waals surface area contributed by atoms with Crippen LogP contribution >= 0.6 is 0 Å². The van der Waals surface area contributed by atoms with Crippen LogP contribution in [0.5, 0.6) is 0 Å². The van der Waals surface area contributed by atoms with Crippen LogP contribution < -0.4 is 5.32 Å². The van der Waals surface area contributed by atoms with E-state index in [0.29, 0.717) is 39.7 Å². The fraction of sp³-hybridized carbons (Fsp3) is 0.0476. The van der Waals surface area contributed by atoms with Gasteiger partial charge in [-0.05, 0) is 25.1 Å². The van der Waals surface area contributed by atoms with Crippen molar-refractivity contribution in [3.05, 3.63) is 72.2 Å². The molecule has 0 saturated heterocycles. The molecule has 5 rings (SSSR count). The standard InChI is InChI=1S/C21H14N4O4/c1-12-10-17(24-28-12)23-20(26)14-11-15(16-8-5-9-27-16)22-21-18(14)19(25-29-21)13-6-3-2-4-7-13/h2-11H,1H3,(H,23,24,26). The van der Waals surface area contributed by atoms with Crippen LogP contribution in [0.1, 0.15) is 16.1 Å². The number of furan rings is 1. The average molecular weight is 386 g/mol. The summed E-state index contributed by atoms with van der Waals surface area (Å²) in [6.07, 6.45) is 1.54. The number of aryl methyl sites for hydroxylation is 1. The number of amides is 1. The largest absolute Gasteiger partial charge is 0.463 e.